The zero-order chi connectivity index (χ0) is 18.1. The van der Waals surface area contributed by atoms with Crippen molar-refractivity contribution in [1.29, 1.82) is 0 Å². The molecule has 1 spiro atoms. The summed E-state index contributed by atoms with van der Waals surface area (Å²) < 4.78 is 10.6. The summed E-state index contributed by atoms with van der Waals surface area (Å²) in [6, 6.07) is 0. The number of amides is 1. The van der Waals surface area contributed by atoms with E-state index in [1.807, 2.05) is 0 Å². The maximum Gasteiger partial charge on any atom is 0.344 e. The van der Waals surface area contributed by atoms with E-state index in [9.17, 15) is 14.4 Å². The number of hydrogen-bond acceptors (Lipinski definition) is 5. The van der Waals surface area contributed by atoms with E-state index < -0.39 is 22.9 Å². The van der Waals surface area contributed by atoms with Crippen molar-refractivity contribution in [2.45, 2.75) is 70.8 Å². The molecule has 1 heterocycles. The lowest BCUT2D eigenvalue weighted by Crippen LogP contribution is -2.64. The summed E-state index contributed by atoms with van der Waals surface area (Å²) in [5.41, 5.74) is -2.20. The summed E-state index contributed by atoms with van der Waals surface area (Å²) in [5.74, 6) is -0.973. The maximum atomic E-state index is 13.0. The van der Waals surface area contributed by atoms with Gasteiger partial charge in [0.2, 0.25) is 11.4 Å². The summed E-state index contributed by atoms with van der Waals surface area (Å²) in [5, 5.41) is 0. The van der Waals surface area contributed by atoms with E-state index >= 15 is 0 Å². The largest absolute Gasteiger partial charge is 0.464 e. The standard InChI is InChI=1S/C19H29NO5/c1-3-24-16(22)19(17(23)25-4-2)18(10-11-18)12-15(21)20(19)13-14-8-6-5-7-9-14/h14H,3-13H2,1-2H3. The van der Waals surface area contributed by atoms with Gasteiger partial charge in [0, 0.05) is 18.4 Å². The Hall–Kier alpha value is -1.59. The quantitative estimate of drug-likeness (QED) is 0.543. The number of carbonyl (C=O) groups excluding carboxylic acids is 3. The molecular weight excluding hydrogens is 322 g/mol. The van der Waals surface area contributed by atoms with Gasteiger partial charge in [-0.05, 0) is 45.4 Å². The Labute approximate surface area is 149 Å². The van der Waals surface area contributed by atoms with E-state index in [1.165, 1.54) is 11.3 Å². The molecular formula is C19H29NO5. The molecule has 0 N–H and O–H groups in total. The highest BCUT2D eigenvalue weighted by atomic mass is 16.6. The van der Waals surface area contributed by atoms with Crippen molar-refractivity contribution in [2.75, 3.05) is 19.8 Å². The second-order valence-electron chi connectivity index (χ2n) is 7.62. The fourth-order valence-corrected chi connectivity index (χ4v) is 4.75. The molecule has 3 rings (SSSR count). The van der Waals surface area contributed by atoms with E-state index in [1.54, 1.807) is 13.8 Å². The van der Waals surface area contributed by atoms with Gasteiger partial charge < -0.3 is 14.4 Å². The van der Waals surface area contributed by atoms with Gasteiger partial charge in [-0.3, -0.25) is 4.79 Å². The van der Waals surface area contributed by atoms with E-state index in [-0.39, 0.29) is 25.5 Å². The lowest BCUT2D eigenvalue weighted by molar-refractivity contribution is -0.180. The van der Waals surface area contributed by atoms with Crippen LogP contribution in [0.2, 0.25) is 0 Å². The Bertz CT molecular complexity index is 530. The molecule has 0 aromatic carbocycles. The van der Waals surface area contributed by atoms with Crippen molar-refractivity contribution in [3.8, 4) is 0 Å². The zero-order valence-corrected chi connectivity index (χ0v) is 15.3. The third-order valence-electron chi connectivity index (χ3n) is 6.12. The first kappa shape index (κ1) is 18.2. The van der Waals surface area contributed by atoms with E-state index in [0.717, 1.165) is 25.7 Å². The lowest BCUT2D eigenvalue weighted by atomic mass is 9.80. The van der Waals surface area contributed by atoms with Gasteiger partial charge in [-0.25, -0.2) is 9.59 Å². The minimum Gasteiger partial charge on any atom is -0.464 e. The summed E-state index contributed by atoms with van der Waals surface area (Å²) in [6.07, 6.45) is 7.21. The molecule has 3 fully saturated rings. The van der Waals surface area contributed by atoms with Crippen LogP contribution in [-0.2, 0) is 23.9 Å². The number of ether oxygens (including phenoxy) is 2. The second kappa shape index (κ2) is 6.96. The Morgan fingerprint density at radius 2 is 1.60 bits per heavy atom. The van der Waals surface area contributed by atoms with Crippen LogP contribution in [-0.4, -0.2) is 48.0 Å². The van der Waals surface area contributed by atoms with Crippen molar-refractivity contribution < 1.29 is 23.9 Å². The van der Waals surface area contributed by atoms with Gasteiger partial charge in [0.1, 0.15) is 0 Å². The highest BCUT2D eigenvalue weighted by Gasteiger charge is 2.77. The van der Waals surface area contributed by atoms with Crippen LogP contribution in [0.5, 0.6) is 0 Å². The van der Waals surface area contributed by atoms with E-state index in [4.69, 9.17) is 9.47 Å². The molecule has 1 saturated heterocycles. The van der Waals surface area contributed by atoms with Gasteiger partial charge in [-0.1, -0.05) is 19.3 Å². The minimum atomic E-state index is -1.58. The molecule has 6 heteroatoms. The molecule has 0 aromatic heterocycles. The maximum absolute atomic E-state index is 13.0. The van der Waals surface area contributed by atoms with Crippen LogP contribution in [0.4, 0.5) is 0 Å². The Balaban J connectivity index is 1.97. The van der Waals surface area contributed by atoms with Crippen molar-refractivity contribution in [1.82, 2.24) is 4.90 Å². The van der Waals surface area contributed by atoms with Crippen LogP contribution in [0.3, 0.4) is 0 Å². The Kier molecular flexibility index (Phi) is 5.07. The fraction of sp³-hybridized carbons (Fsp3) is 0.842. The lowest BCUT2D eigenvalue weighted by Gasteiger charge is -2.39. The van der Waals surface area contributed by atoms with Crippen LogP contribution < -0.4 is 0 Å². The van der Waals surface area contributed by atoms with E-state index in [0.29, 0.717) is 25.3 Å². The van der Waals surface area contributed by atoms with Crippen molar-refractivity contribution in [2.24, 2.45) is 11.3 Å². The van der Waals surface area contributed by atoms with Gasteiger partial charge in [-0.15, -0.1) is 0 Å². The highest BCUT2D eigenvalue weighted by Crippen LogP contribution is 2.64. The van der Waals surface area contributed by atoms with Crippen LogP contribution in [0.15, 0.2) is 0 Å². The summed E-state index contributed by atoms with van der Waals surface area (Å²) in [4.78, 5) is 40.4. The van der Waals surface area contributed by atoms with Gasteiger partial charge >= 0.3 is 11.9 Å². The number of rotatable bonds is 6. The molecule has 0 aromatic rings. The molecule has 0 unspecified atom stereocenters. The average Bonchev–Trinajstić information content (AvgIpc) is 3.31. The topological polar surface area (TPSA) is 72.9 Å². The van der Waals surface area contributed by atoms with Crippen LogP contribution in [0.1, 0.15) is 65.2 Å². The van der Waals surface area contributed by atoms with Gasteiger partial charge in [-0.2, -0.15) is 0 Å². The molecule has 0 radical (unpaired) electrons. The SMILES string of the molecule is CCOC(=O)C1(C(=O)OCC)N(CC2CCCCC2)C(=O)CC12CC2. The summed E-state index contributed by atoms with van der Waals surface area (Å²) in [7, 11) is 0. The Morgan fingerprint density at radius 3 is 2.08 bits per heavy atom. The summed E-state index contributed by atoms with van der Waals surface area (Å²) in [6.45, 7) is 4.26. The smallest absolute Gasteiger partial charge is 0.344 e. The molecule has 3 aliphatic rings. The van der Waals surface area contributed by atoms with E-state index in [2.05, 4.69) is 0 Å². The molecule has 1 aliphatic heterocycles. The fourth-order valence-electron chi connectivity index (χ4n) is 4.75. The normalized spacial score (nSPS) is 24.4. The minimum absolute atomic E-state index is 0.107. The van der Waals surface area contributed by atoms with Gasteiger partial charge in [0.25, 0.3) is 0 Å². The average molecular weight is 351 g/mol. The van der Waals surface area contributed by atoms with Gasteiger partial charge in [0.15, 0.2) is 0 Å². The molecule has 0 atom stereocenters. The molecule has 1 amide bonds. The van der Waals surface area contributed by atoms with Crippen LogP contribution in [0.25, 0.3) is 0 Å². The second-order valence-corrected chi connectivity index (χ2v) is 7.62. The number of carbonyl (C=O) groups is 3. The molecule has 25 heavy (non-hydrogen) atoms. The van der Waals surface area contributed by atoms with Crippen molar-refractivity contribution in [3.63, 3.8) is 0 Å². The molecule has 0 bridgehead atoms. The van der Waals surface area contributed by atoms with Crippen LogP contribution >= 0.6 is 0 Å². The molecule has 2 saturated carbocycles. The van der Waals surface area contributed by atoms with Crippen molar-refractivity contribution >= 4 is 17.8 Å². The number of esters is 2. The first-order chi connectivity index (χ1) is 12.0. The molecule has 6 nitrogen and oxygen atoms in total. The number of nitrogens with zero attached hydrogens (tertiary/aromatic N) is 1. The van der Waals surface area contributed by atoms with Crippen molar-refractivity contribution in [3.05, 3.63) is 0 Å². The monoisotopic (exact) mass is 351 g/mol. The third-order valence-corrected chi connectivity index (χ3v) is 6.12. The van der Waals surface area contributed by atoms with Crippen LogP contribution in [0, 0.1) is 11.3 Å². The first-order valence-corrected chi connectivity index (χ1v) is 9.66. The molecule has 2 aliphatic carbocycles. The predicted octanol–water partition coefficient (Wildman–Crippen LogP) is 2.44. The molecule has 140 valence electrons. The third kappa shape index (κ3) is 2.83. The summed E-state index contributed by atoms with van der Waals surface area (Å²) >= 11 is 0. The van der Waals surface area contributed by atoms with Gasteiger partial charge in [0.05, 0.1) is 13.2 Å². The Morgan fingerprint density at radius 1 is 1.04 bits per heavy atom. The highest BCUT2D eigenvalue weighted by molar-refractivity contribution is 6.12. The number of hydrogen-bond donors (Lipinski definition) is 0. The zero-order valence-electron chi connectivity index (χ0n) is 15.3. The number of likely N-dealkylation sites (tertiary alicyclic amines) is 1. The first-order valence-electron chi connectivity index (χ1n) is 9.66. The predicted molar refractivity (Wildman–Crippen MR) is 90.6 cm³/mol.